The first-order valence-electron chi connectivity index (χ1n) is 8.33. The lowest BCUT2D eigenvalue weighted by molar-refractivity contribution is -0.117. The summed E-state index contributed by atoms with van der Waals surface area (Å²) < 4.78 is 5.61. The van der Waals surface area contributed by atoms with Crippen molar-refractivity contribution in [2.45, 2.75) is 23.7 Å². The monoisotopic (exact) mass is 392 g/mol. The van der Waals surface area contributed by atoms with Gasteiger partial charge in [-0.2, -0.15) is 5.26 Å². The van der Waals surface area contributed by atoms with Gasteiger partial charge in [-0.15, -0.1) is 0 Å². The molecule has 28 heavy (non-hydrogen) atoms. The predicted molar refractivity (Wildman–Crippen MR) is 104 cm³/mol. The standard InChI is InChI=1S/C20H16N4O3S/c1-13-9-17(25)24-20(23-13)28-18-8-7-16(27-18)10-15(11-21)19(26)22-12-14-5-3-2-4-6-14/h2-10H,12H2,1H3,(H,22,26)(H,23,24,25)/b15-10+. The molecule has 0 fully saturated rings. The molecule has 0 spiro atoms. The minimum absolute atomic E-state index is 0.0658. The van der Waals surface area contributed by atoms with Crippen LogP contribution in [0.4, 0.5) is 0 Å². The average Bonchev–Trinajstić information content (AvgIpc) is 3.11. The molecular formula is C20H16N4O3S. The molecule has 3 rings (SSSR count). The number of nitrogens with zero attached hydrogens (tertiary/aromatic N) is 2. The van der Waals surface area contributed by atoms with E-state index in [4.69, 9.17) is 4.42 Å². The predicted octanol–water partition coefficient (Wildman–Crippen LogP) is 3.05. The quantitative estimate of drug-likeness (QED) is 0.379. The first kappa shape index (κ1) is 19.2. The highest BCUT2D eigenvalue weighted by Crippen LogP contribution is 2.26. The second-order valence-electron chi connectivity index (χ2n) is 5.79. The maximum atomic E-state index is 12.2. The smallest absolute Gasteiger partial charge is 0.262 e. The molecule has 0 aliphatic carbocycles. The molecule has 0 saturated carbocycles. The summed E-state index contributed by atoms with van der Waals surface area (Å²) >= 11 is 1.14. The Hall–Kier alpha value is -3.57. The van der Waals surface area contributed by atoms with Crippen molar-refractivity contribution in [2.75, 3.05) is 0 Å². The highest BCUT2D eigenvalue weighted by atomic mass is 32.2. The lowest BCUT2D eigenvalue weighted by atomic mass is 10.2. The summed E-state index contributed by atoms with van der Waals surface area (Å²) in [5.41, 5.74) is 1.22. The molecule has 0 atom stereocenters. The number of hydrogen-bond donors (Lipinski definition) is 2. The molecule has 140 valence electrons. The van der Waals surface area contributed by atoms with E-state index < -0.39 is 5.91 Å². The zero-order chi connectivity index (χ0) is 19.9. The molecule has 2 N–H and O–H groups in total. The van der Waals surface area contributed by atoms with Gasteiger partial charge in [0.15, 0.2) is 10.2 Å². The van der Waals surface area contributed by atoms with Crippen molar-refractivity contribution in [1.82, 2.24) is 15.3 Å². The van der Waals surface area contributed by atoms with E-state index in [2.05, 4.69) is 15.3 Å². The van der Waals surface area contributed by atoms with Gasteiger partial charge in [0.25, 0.3) is 11.5 Å². The number of amides is 1. The van der Waals surface area contributed by atoms with Gasteiger partial charge in [0.05, 0.1) is 0 Å². The van der Waals surface area contributed by atoms with Crippen molar-refractivity contribution in [2.24, 2.45) is 0 Å². The van der Waals surface area contributed by atoms with Gasteiger partial charge in [0.2, 0.25) is 0 Å². The fraction of sp³-hybridized carbons (Fsp3) is 0.100. The van der Waals surface area contributed by atoms with E-state index in [0.29, 0.717) is 28.2 Å². The molecule has 0 radical (unpaired) electrons. The molecule has 0 bridgehead atoms. The van der Waals surface area contributed by atoms with Crippen molar-refractivity contribution in [1.29, 1.82) is 5.26 Å². The first-order chi connectivity index (χ1) is 13.5. The van der Waals surface area contributed by atoms with E-state index >= 15 is 0 Å². The van der Waals surface area contributed by atoms with Crippen LogP contribution in [0.1, 0.15) is 17.0 Å². The van der Waals surface area contributed by atoms with Crippen molar-refractivity contribution in [3.63, 3.8) is 0 Å². The van der Waals surface area contributed by atoms with Gasteiger partial charge in [-0.3, -0.25) is 9.59 Å². The zero-order valence-corrected chi connectivity index (χ0v) is 15.7. The topological polar surface area (TPSA) is 112 Å². The average molecular weight is 392 g/mol. The lowest BCUT2D eigenvalue weighted by Gasteiger charge is -2.03. The number of carbonyl (C=O) groups excluding carboxylic acids is 1. The van der Waals surface area contributed by atoms with Crippen molar-refractivity contribution >= 4 is 23.7 Å². The summed E-state index contributed by atoms with van der Waals surface area (Å²) in [4.78, 5) is 30.6. The lowest BCUT2D eigenvalue weighted by Crippen LogP contribution is -2.23. The Morgan fingerprint density at radius 1 is 1.32 bits per heavy atom. The number of aryl methyl sites for hydroxylation is 1. The Morgan fingerprint density at radius 2 is 2.11 bits per heavy atom. The maximum absolute atomic E-state index is 12.2. The van der Waals surface area contributed by atoms with Gasteiger partial charge >= 0.3 is 0 Å². The van der Waals surface area contributed by atoms with Crippen molar-refractivity contribution in [3.05, 3.63) is 81.5 Å². The Kier molecular flexibility index (Phi) is 6.09. The molecule has 0 aliphatic rings. The summed E-state index contributed by atoms with van der Waals surface area (Å²) in [6.45, 7) is 2.05. The number of nitrogens with one attached hydrogen (secondary N) is 2. The number of hydrogen-bond acceptors (Lipinski definition) is 6. The van der Waals surface area contributed by atoms with Crippen LogP contribution in [0.5, 0.6) is 0 Å². The van der Waals surface area contributed by atoms with Crippen LogP contribution in [0.25, 0.3) is 6.08 Å². The van der Waals surface area contributed by atoms with Crippen LogP contribution in [0.3, 0.4) is 0 Å². The van der Waals surface area contributed by atoms with Crippen LogP contribution >= 0.6 is 11.8 Å². The van der Waals surface area contributed by atoms with Gasteiger partial charge in [0.1, 0.15) is 17.4 Å². The number of furan rings is 1. The van der Waals surface area contributed by atoms with E-state index in [9.17, 15) is 14.9 Å². The van der Waals surface area contributed by atoms with Gasteiger partial charge < -0.3 is 14.7 Å². The fourth-order valence-electron chi connectivity index (χ4n) is 2.33. The number of aromatic amines is 1. The fourth-order valence-corrected chi connectivity index (χ4v) is 3.13. The second-order valence-corrected chi connectivity index (χ2v) is 6.78. The van der Waals surface area contributed by atoms with Crippen LogP contribution in [0.2, 0.25) is 0 Å². The van der Waals surface area contributed by atoms with E-state index in [1.54, 1.807) is 19.1 Å². The molecule has 3 aromatic rings. The molecule has 0 aliphatic heterocycles. The number of benzene rings is 1. The van der Waals surface area contributed by atoms with Gasteiger partial charge in [-0.05, 0) is 36.4 Å². The van der Waals surface area contributed by atoms with E-state index in [0.717, 1.165) is 17.3 Å². The third kappa shape index (κ3) is 5.22. The summed E-state index contributed by atoms with van der Waals surface area (Å²) in [6, 6.07) is 16.0. The van der Waals surface area contributed by atoms with Crippen molar-refractivity contribution < 1.29 is 9.21 Å². The number of carbonyl (C=O) groups is 1. The van der Waals surface area contributed by atoms with Gasteiger partial charge in [0, 0.05) is 24.4 Å². The zero-order valence-electron chi connectivity index (χ0n) is 14.9. The number of H-pyrrole nitrogens is 1. The maximum Gasteiger partial charge on any atom is 0.262 e. The van der Waals surface area contributed by atoms with Crippen LogP contribution < -0.4 is 10.9 Å². The summed E-state index contributed by atoms with van der Waals surface area (Å²) in [5.74, 6) is -0.134. The first-order valence-corrected chi connectivity index (χ1v) is 9.15. The van der Waals surface area contributed by atoms with Crippen LogP contribution in [0, 0.1) is 18.3 Å². The number of rotatable bonds is 6. The van der Waals surface area contributed by atoms with Crippen LogP contribution in [-0.2, 0) is 11.3 Å². The van der Waals surface area contributed by atoms with Gasteiger partial charge in [-0.1, -0.05) is 30.3 Å². The Bertz CT molecular complexity index is 1110. The van der Waals surface area contributed by atoms with Crippen LogP contribution in [0.15, 0.2) is 73.6 Å². The molecule has 8 heteroatoms. The number of aromatic nitrogens is 2. The van der Waals surface area contributed by atoms with E-state index in [1.165, 1.54) is 12.1 Å². The summed E-state index contributed by atoms with van der Waals surface area (Å²) in [6.07, 6.45) is 1.37. The Morgan fingerprint density at radius 3 is 2.82 bits per heavy atom. The molecule has 2 aromatic heterocycles. The summed E-state index contributed by atoms with van der Waals surface area (Å²) in [7, 11) is 0. The Balaban J connectivity index is 1.68. The molecule has 1 aromatic carbocycles. The molecule has 1 amide bonds. The third-order valence-electron chi connectivity index (χ3n) is 3.59. The van der Waals surface area contributed by atoms with Crippen molar-refractivity contribution in [3.8, 4) is 6.07 Å². The highest BCUT2D eigenvalue weighted by Gasteiger charge is 2.11. The van der Waals surface area contributed by atoms with Gasteiger partial charge in [-0.25, -0.2) is 4.98 Å². The molecular weight excluding hydrogens is 376 g/mol. The molecule has 2 heterocycles. The molecule has 0 unspecified atom stereocenters. The summed E-state index contributed by atoms with van der Waals surface area (Å²) in [5, 5.41) is 12.9. The Labute approximate surface area is 165 Å². The normalized spacial score (nSPS) is 11.1. The minimum Gasteiger partial charge on any atom is -0.450 e. The third-order valence-corrected chi connectivity index (χ3v) is 4.40. The number of nitriles is 1. The van der Waals surface area contributed by atoms with Crippen LogP contribution in [-0.4, -0.2) is 15.9 Å². The van der Waals surface area contributed by atoms with E-state index in [1.807, 2.05) is 36.4 Å². The second kappa shape index (κ2) is 8.88. The minimum atomic E-state index is -0.485. The largest absolute Gasteiger partial charge is 0.450 e. The SMILES string of the molecule is Cc1cc(=O)[nH]c(Sc2ccc(/C=C(\C#N)C(=O)NCc3ccccc3)o2)n1. The molecule has 7 nitrogen and oxygen atoms in total. The highest BCUT2D eigenvalue weighted by molar-refractivity contribution is 7.99. The van der Waals surface area contributed by atoms with E-state index in [-0.39, 0.29) is 11.1 Å². The molecule has 0 saturated heterocycles.